The standard InChI is InChI=1S/C9H19NO3Si/c1-6-7-12-9(2)8-10(11)13-14(3,4)5/h6,8-9H,1,7H2,2-5H3/b10-8+. The minimum Gasteiger partial charge on any atom is -0.444 e. The molecule has 0 spiro atoms. The molecule has 0 aliphatic heterocycles. The molecule has 0 aliphatic carbocycles. The van der Waals surface area contributed by atoms with Crippen LogP contribution in [0.15, 0.2) is 12.7 Å². The summed E-state index contributed by atoms with van der Waals surface area (Å²) in [5.74, 6) is 0. The van der Waals surface area contributed by atoms with Crippen LogP contribution < -0.4 is 0 Å². The Hall–Kier alpha value is -0.813. The molecule has 0 aromatic rings. The zero-order chi connectivity index (χ0) is 11.2. The Bertz CT molecular complexity index is 211. The lowest BCUT2D eigenvalue weighted by Crippen LogP contribution is -2.31. The van der Waals surface area contributed by atoms with Gasteiger partial charge in [0.25, 0.3) is 0 Å². The molecule has 5 heteroatoms. The van der Waals surface area contributed by atoms with Crippen LogP contribution in [0.5, 0.6) is 0 Å². The lowest BCUT2D eigenvalue weighted by atomic mass is 10.4. The smallest absolute Gasteiger partial charge is 0.237 e. The average Bonchev–Trinajstić information content (AvgIpc) is 1.96. The molecule has 0 amide bonds. The first kappa shape index (κ1) is 13.2. The summed E-state index contributed by atoms with van der Waals surface area (Å²) in [7, 11) is -1.81. The van der Waals surface area contributed by atoms with Gasteiger partial charge in [-0.05, 0) is 6.92 Å². The first-order valence-electron chi connectivity index (χ1n) is 4.58. The molecule has 0 aromatic carbocycles. The highest BCUT2D eigenvalue weighted by molar-refractivity contribution is 6.69. The molecule has 0 heterocycles. The van der Waals surface area contributed by atoms with Crippen LogP contribution >= 0.6 is 0 Å². The predicted molar refractivity (Wildman–Crippen MR) is 59.7 cm³/mol. The van der Waals surface area contributed by atoms with Crippen LogP contribution in [0.3, 0.4) is 0 Å². The van der Waals surface area contributed by atoms with Gasteiger partial charge in [-0.2, -0.15) is 0 Å². The number of ether oxygens (including phenoxy) is 1. The van der Waals surface area contributed by atoms with Crippen molar-refractivity contribution in [3.05, 3.63) is 17.9 Å². The fourth-order valence-electron chi connectivity index (χ4n) is 0.735. The number of nitrogens with zero attached hydrogens (tertiary/aromatic N) is 1. The van der Waals surface area contributed by atoms with Crippen LogP contribution in [0.4, 0.5) is 0 Å². The summed E-state index contributed by atoms with van der Waals surface area (Å²) in [6, 6.07) is 0. The predicted octanol–water partition coefficient (Wildman–Crippen LogP) is 1.93. The van der Waals surface area contributed by atoms with Crippen molar-refractivity contribution in [1.29, 1.82) is 0 Å². The Morgan fingerprint density at radius 3 is 2.50 bits per heavy atom. The number of hydrogen-bond acceptors (Lipinski definition) is 3. The van der Waals surface area contributed by atoms with Crippen molar-refractivity contribution in [2.24, 2.45) is 0 Å². The molecule has 0 rings (SSSR count). The maximum Gasteiger partial charge on any atom is 0.237 e. The van der Waals surface area contributed by atoms with Gasteiger partial charge in [0.2, 0.25) is 6.21 Å². The quantitative estimate of drug-likeness (QED) is 0.224. The molecule has 14 heavy (non-hydrogen) atoms. The first-order chi connectivity index (χ1) is 6.35. The largest absolute Gasteiger partial charge is 0.444 e. The van der Waals surface area contributed by atoms with Crippen LogP contribution in [0, 0.1) is 5.21 Å². The summed E-state index contributed by atoms with van der Waals surface area (Å²) < 4.78 is 10.3. The van der Waals surface area contributed by atoms with E-state index in [2.05, 4.69) is 6.58 Å². The SMILES string of the molecule is C=CCOC(C)/C=[N+](\[O-])O[Si](C)(C)C. The minimum atomic E-state index is -1.81. The highest BCUT2D eigenvalue weighted by Crippen LogP contribution is 2.02. The van der Waals surface area contributed by atoms with Gasteiger partial charge in [-0.1, -0.05) is 25.7 Å². The topological polar surface area (TPSA) is 44.5 Å². The van der Waals surface area contributed by atoms with E-state index in [1.165, 1.54) is 6.21 Å². The number of rotatable bonds is 6. The third-order valence-corrected chi connectivity index (χ3v) is 1.90. The van der Waals surface area contributed by atoms with Crippen molar-refractivity contribution in [1.82, 2.24) is 0 Å². The molecule has 0 saturated carbocycles. The molecule has 0 radical (unpaired) electrons. The van der Waals surface area contributed by atoms with Crippen LogP contribution in [-0.2, 0) is 9.26 Å². The third-order valence-electron chi connectivity index (χ3n) is 1.17. The first-order valence-corrected chi connectivity index (χ1v) is 7.99. The Kier molecular flexibility index (Phi) is 5.48. The normalized spacial score (nSPS) is 15.0. The minimum absolute atomic E-state index is 0.262. The second kappa shape index (κ2) is 5.82. The van der Waals surface area contributed by atoms with Gasteiger partial charge in [-0.25, -0.2) is 0 Å². The van der Waals surface area contributed by atoms with Gasteiger partial charge in [0.05, 0.1) is 6.61 Å². The van der Waals surface area contributed by atoms with E-state index in [0.717, 1.165) is 0 Å². The highest BCUT2D eigenvalue weighted by atomic mass is 28.4. The fourth-order valence-corrected chi connectivity index (χ4v) is 1.34. The van der Waals surface area contributed by atoms with E-state index >= 15 is 0 Å². The Balaban J connectivity index is 4.02. The van der Waals surface area contributed by atoms with Gasteiger partial charge in [0, 0.05) is 4.90 Å². The lowest BCUT2D eigenvalue weighted by Gasteiger charge is -2.19. The molecule has 1 unspecified atom stereocenters. The molecule has 82 valence electrons. The van der Waals surface area contributed by atoms with Gasteiger partial charge in [-0.3, -0.25) is 5.21 Å². The highest BCUT2D eigenvalue weighted by Gasteiger charge is 2.15. The molecule has 0 fully saturated rings. The molecular formula is C9H19NO3Si. The van der Waals surface area contributed by atoms with Gasteiger partial charge in [0.15, 0.2) is 8.32 Å². The third kappa shape index (κ3) is 7.82. The summed E-state index contributed by atoms with van der Waals surface area (Å²) in [6.07, 6.45) is 2.74. The van der Waals surface area contributed by atoms with E-state index in [4.69, 9.17) is 9.26 Å². The van der Waals surface area contributed by atoms with E-state index in [0.29, 0.717) is 11.5 Å². The van der Waals surface area contributed by atoms with Crippen molar-refractivity contribution in [2.45, 2.75) is 32.7 Å². The summed E-state index contributed by atoms with van der Waals surface area (Å²) in [4.78, 5) is 0.500. The molecule has 0 N–H and O–H groups in total. The summed E-state index contributed by atoms with van der Waals surface area (Å²) in [5, 5.41) is 11.2. The molecule has 1 atom stereocenters. The van der Waals surface area contributed by atoms with Crippen LogP contribution in [-0.4, -0.2) is 32.1 Å². The Morgan fingerprint density at radius 2 is 2.07 bits per heavy atom. The van der Waals surface area contributed by atoms with Crippen molar-refractivity contribution in [2.75, 3.05) is 6.61 Å². The van der Waals surface area contributed by atoms with Crippen molar-refractivity contribution in [3.8, 4) is 0 Å². The number of hydrogen-bond donors (Lipinski definition) is 0. The fraction of sp³-hybridized carbons (Fsp3) is 0.667. The van der Waals surface area contributed by atoms with Crippen LogP contribution in [0.25, 0.3) is 0 Å². The molecule has 0 bridgehead atoms. The van der Waals surface area contributed by atoms with Crippen LogP contribution in [0.1, 0.15) is 6.92 Å². The maximum absolute atomic E-state index is 11.2. The van der Waals surface area contributed by atoms with Crippen molar-refractivity contribution >= 4 is 14.5 Å². The van der Waals surface area contributed by atoms with Crippen molar-refractivity contribution < 1.29 is 14.2 Å². The second-order valence-electron chi connectivity index (χ2n) is 3.97. The van der Waals surface area contributed by atoms with E-state index in [-0.39, 0.29) is 6.10 Å². The Labute approximate surface area is 86.5 Å². The zero-order valence-corrected chi connectivity index (χ0v) is 10.3. The average molecular weight is 217 g/mol. The lowest BCUT2D eigenvalue weighted by molar-refractivity contribution is -0.701. The maximum atomic E-state index is 11.2. The molecule has 0 aromatic heterocycles. The zero-order valence-electron chi connectivity index (χ0n) is 9.32. The second-order valence-corrected chi connectivity index (χ2v) is 8.37. The van der Waals surface area contributed by atoms with Gasteiger partial charge in [0.1, 0.15) is 6.10 Å². The summed E-state index contributed by atoms with van der Waals surface area (Å²) in [6.45, 7) is 11.6. The Morgan fingerprint density at radius 1 is 1.50 bits per heavy atom. The van der Waals surface area contributed by atoms with Gasteiger partial charge < -0.3 is 9.26 Å². The van der Waals surface area contributed by atoms with E-state index in [1.807, 2.05) is 19.6 Å². The molecular weight excluding hydrogens is 198 g/mol. The molecule has 4 nitrogen and oxygen atoms in total. The molecule has 0 saturated heterocycles. The van der Waals surface area contributed by atoms with Crippen LogP contribution in [0.2, 0.25) is 19.6 Å². The van der Waals surface area contributed by atoms with Crippen molar-refractivity contribution in [3.63, 3.8) is 0 Å². The summed E-state index contributed by atoms with van der Waals surface area (Å²) in [5.41, 5.74) is 0. The summed E-state index contributed by atoms with van der Waals surface area (Å²) >= 11 is 0. The van der Waals surface area contributed by atoms with E-state index in [1.54, 1.807) is 13.0 Å². The molecule has 0 aliphatic rings. The van der Waals surface area contributed by atoms with E-state index in [9.17, 15) is 5.21 Å². The monoisotopic (exact) mass is 217 g/mol. The van der Waals surface area contributed by atoms with E-state index < -0.39 is 8.32 Å². The van der Waals surface area contributed by atoms with Gasteiger partial charge >= 0.3 is 0 Å². The van der Waals surface area contributed by atoms with Gasteiger partial charge in [-0.15, -0.1) is 6.58 Å².